The molecule has 27 heteroatoms. The van der Waals surface area contributed by atoms with Crippen LogP contribution in [0.5, 0.6) is 34.5 Å². The number of hydrogen-bond acceptors (Lipinski definition) is 20. The highest BCUT2D eigenvalue weighted by Crippen LogP contribution is 2.48. The van der Waals surface area contributed by atoms with Crippen molar-refractivity contribution in [2.45, 2.75) is 38.0 Å². The average molecular weight is 1170 g/mol. The normalized spacial score (nSPS) is 14.0. The van der Waals surface area contributed by atoms with E-state index in [1.807, 2.05) is 0 Å². The summed E-state index contributed by atoms with van der Waals surface area (Å²) in [5.41, 5.74) is 0.997. The number of fused-ring (bicyclic) bond motifs is 3. The molecule has 0 saturated heterocycles. The molecule has 23 nitrogen and oxygen atoms in total. The lowest BCUT2D eigenvalue weighted by atomic mass is 9.91. The number of rotatable bonds is 19. The summed E-state index contributed by atoms with van der Waals surface area (Å²) in [6.45, 7) is 0.0710. The number of imidazole rings is 1. The van der Waals surface area contributed by atoms with Gasteiger partial charge in [0, 0.05) is 83.6 Å². The van der Waals surface area contributed by atoms with Crippen LogP contribution in [-0.2, 0) is 13.1 Å². The summed E-state index contributed by atoms with van der Waals surface area (Å²) in [6, 6.07) is 22.7. The van der Waals surface area contributed by atoms with Gasteiger partial charge in [-0.25, -0.2) is 32.3 Å². The Morgan fingerprint density at radius 2 is 1.23 bits per heavy atom. The van der Waals surface area contributed by atoms with Gasteiger partial charge in [0.1, 0.15) is 46.3 Å². The van der Waals surface area contributed by atoms with Crippen molar-refractivity contribution in [3.05, 3.63) is 175 Å². The highest BCUT2D eigenvalue weighted by Gasteiger charge is 2.33. The van der Waals surface area contributed by atoms with E-state index in [-0.39, 0.29) is 136 Å². The molecule has 0 unspecified atom stereocenters. The van der Waals surface area contributed by atoms with E-state index in [1.54, 1.807) is 48.5 Å². The number of aromatic amines is 1. The predicted molar refractivity (Wildman–Crippen MR) is 306 cm³/mol. The van der Waals surface area contributed by atoms with Gasteiger partial charge in [-0.2, -0.15) is 20.5 Å². The van der Waals surface area contributed by atoms with Crippen molar-refractivity contribution < 1.29 is 50.9 Å². The van der Waals surface area contributed by atoms with E-state index in [2.05, 4.69) is 58.7 Å². The SMILES string of the molecule is COc1ccc(CNc2ccc(C#N)c(-c3c(C#N)ccc(NCc4ccc(OC)cc4OC)c3Nc3ncc4[nH]c(=O)n([C@@H]5CCOc6c(F)cc(F)cc65)c4n3)c2Nc2ncc([N+](=O)[O-])c(N[C@@H]3CCOc4c(F)cc(F)cc43)n2)c(OC)c1. The molecular weight excluding hydrogens is 1120 g/mol. The molecule has 2 aliphatic heterocycles. The molecule has 436 valence electrons. The van der Waals surface area contributed by atoms with E-state index >= 15 is 8.78 Å². The van der Waals surface area contributed by atoms with Crippen LogP contribution in [-0.4, -0.2) is 76.1 Å². The summed E-state index contributed by atoms with van der Waals surface area (Å²) in [4.78, 5) is 46.9. The number of nitrogens with one attached hydrogen (secondary N) is 6. The fourth-order valence-electron chi connectivity index (χ4n) is 10.4. The zero-order valence-electron chi connectivity index (χ0n) is 45.9. The Kier molecular flexibility index (Phi) is 15.7. The molecule has 6 aromatic carbocycles. The lowest BCUT2D eigenvalue weighted by molar-refractivity contribution is -0.384. The molecule has 3 aromatic heterocycles. The molecule has 9 aromatic rings. The highest BCUT2D eigenvalue weighted by molar-refractivity contribution is 6.02. The highest BCUT2D eigenvalue weighted by atomic mass is 19.1. The lowest BCUT2D eigenvalue weighted by Crippen LogP contribution is -2.28. The van der Waals surface area contributed by atoms with Crippen LogP contribution in [0.25, 0.3) is 22.3 Å². The molecule has 0 aliphatic carbocycles. The van der Waals surface area contributed by atoms with Crippen LogP contribution >= 0.6 is 0 Å². The van der Waals surface area contributed by atoms with Crippen molar-refractivity contribution in [3.63, 3.8) is 0 Å². The number of anilines is 7. The lowest BCUT2D eigenvalue weighted by Gasteiger charge is -2.27. The molecule has 0 fully saturated rings. The van der Waals surface area contributed by atoms with Crippen molar-refractivity contribution in [2.24, 2.45) is 0 Å². The molecule has 0 radical (unpaired) electrons. The van der Waals surface area contributed by atoms with Crippen molar-refractivity contribution in [1.82, 2.24) is 29.5 Å². The van der Waals surface area contributed by atoms with Crippen molar-refractivity contribution in [2.75, 3.05) is 68.2 Å². The van der Waals surface area contributed by atoms with Crippen molar-refractivity contribution >= 4 is 57.3 Å². The van der Waals surface area contributed by atoms with Crippen LogP contribution in [0, 0.1) is 56.0 Å². The minimum absolute atomic E-state index is 0.0185. The Balaban J connectivity index is 1.11. The summed E-state index contributed by atoms with van der Waals surface area (Å²) in [7, 11) is 6.00. The third kappa shape index (κ3) is 10.9. The first-order chi connectivity index (χ1) is 41.7. The number of halogens is 4. The number of nitriles is 2. The van der Waals surface area contributed by atoms with Gasteiger partial charge < -0.3 is 60.0 Å². The van der Waals surface area contributed by atoms with Gasteiger partial charge in [-0.1, -0.05) is 0 Å². The molecular formula is C59H48F4N14O9. The fraction of sp³-hybridized carbons (Fsp3) is 0.203. The van der Waals surface area contributed by atoms with E-state index in [0.29, 0.717) is 46.3 Å². The van der Waals surface area contributed by atoms with E-state index in [0.717, 1.165) is 18.3 Å². The molecule has 2 aliphatic rings. The average Bonchev–Trinajstić information content (AvgIpc) is 1.66. The first kappa shape index (κ1) is 56.5. The van der Waals surface area contributed by atoms with Gasteiger partial charge in [0.2, 0.25) is 17.7 Å². The van der Waals surface area contributed by atoms with Crippen LogP contribution in [0.3, 0.4) is 0 Å². The summed E-state index contributed by atoms with van der Waals surface area (Å²) in [5, 5.41) is 51.4. The number of nitrogens with zero attached hydrogens (tertiary/aromatic N) is 8. The fourth-order valence-corrected chi connectivity index (χ4v) is 10.4. The molecule has 11 rings (SSSR count). The first-order valence-corrected chi connectivity index (χ1v) is 26.3. The van der Waals surface area contributed by atoms with Gasteiger partial charge in [-0.3, -0.25) is 14.7 Å². The number of aromatic nitrogens is 6. The topological polar surface area (TPSA) is 296 Å². The third-order valence-electron chi connectivity index (χ3n) is 14.4. The number of H-pyrrole nitrogens is 1. The Bertz CT molecular complexity index is 4320. The largest absolute Gasteiger partial charge is 0.497 e. The maximum Gasteiger partial charge on any atom is 0.329 e. The quantitative estimate of drug-likeness (QED) is 0.0249. The molecule has 0 bridgehead atoms. The maximum absolute atomic E-state index is 15.2. The molecule has 2 atom stereocenters. The Morgan fingerprint density at radius 3 is 1.78 bits per heavy atom. The van der Waals surface area contributed by atoms with Gasteiger partial charge in [-0.05, 0) is 60.7 Å². The number of nitro groups is 1. The molecule has 0 spiro atoms. The second-order valence-corrected chi connectivity index (χ2v) is 19.4. The van der Waals surface area contributed by atoms with Crippen LogP contribution in [0.4, 0.5) is 63.7 Å². The molecule has 86 heavy (non-hydrogen) atoms. The van der Waals surface area contributed by atoms with E-state index in [4.69, 9.17) is 33.4 Å². The predicted octanol–water partition coefficient (Wildman–Crippen LogP) is 10.8. The monoisotopic (exact) mass is 1170 g/mol. The van der Waals surface area contributed by atoms with Crippen molar-refractivity contribution in [3.8, 4) is 57.8 Å². The summed E-state index contributed by atoms with van der Waals surface area (Å²) in [5.74, 6) is -3.07. The van der Waals surface area contributed by atoms with Gasteiger partial charge in [0.25, 0.3) is 0 Å². The molecule has 0 saturated carbocycles. The summed E-state index contributed by atoms with van der Waals surface area (Å²) in [6.07, 6.45) is 2.49. The van der Waals surface area contributed by atoms with Crippen LogP contribution < -0.4 is 60.7 Å². The number of benzene rings is 6. The van der Waals surface area contributed by atoms with Gasteiger partial charge >= 0.3 is 11.4 Å². The minimum Gasteiger partial charge on any atom is -0.497 e. The van der Waals surface area contributed by atoms with Crippen LogP contribution in [0.2, 0.25) is 0 Å². The second kappa shape index (κ2) is 23.9. The number of ether oxygens (including phenoxy) is 6. The Morgan fingerprint density at radius 1 is 0.698 bits per heavy atom. The Hall–Kier alpha value is -11.4. The van der Waals surface area contributed by atoms with E-state index < -0.39 is 51.7 Å². The first-order valence-electron chi connectivity index (χ1n) is 26.3. The zero-order chi connectivity index (χ0) is 60.3. The Labute approximate surface area is 485 Å². The molecule has 5 heterocycles. The minimum atomic E-state index is -0.970. The zero-order valence-corrected chi connectivity index (χ0v) is 45.9. The second-order valence-electron chi connectivity index (χ2n) is 19.4. The number of hydrogen-bond donors (Lipinski definition) is 6. The van der Waals surface area contributed by atoms with E-state index in [1.165, 1.54) is 51.3 Å². The standard InChI is InChI=1S/C59H48F4N14O9/c1-81-35-9-5-31(47(21-35)83-3)25-66-42-11-7-29(23-64)49(51(42)72-57-69-28-46(77(79)80)55(74-57)70-41-13-15-85-53-37(41)17-33(60)19-39(53)62)50-30(24-65)8-12-43(67-26-32-6-10-36(82-2)22-48(32)84-4)52(50)73-58-68-27-44-56(75-58)76(59(78)71-44)45-14-16-86-54-38(45)18-34(61)20-40(54)63/h5-12,17-22,27-28,41,45,66-67H,13-16,25-26H2,1-4H3,(H,71,78)(H,68,73,75)(H2,69,70,72,74)/t41-,45-/m1/s1. The summed E-state index contributed by atoms with van der Waals surface area (Å²) < 4.78 is 94.5. The maximum atomic E-state index is 15.2. The van der Waals surface area contributed by atoms with Gasteiger partial charge in [0.15, 0.2) is 28.8 Å². The smallest absolute Gasteiger partial charge is 0.329 e. The van der Waals surface area contributed by atoms with Gasteiger partial charge in [-0.15, -0.1) is 0 Å². The van der Waals surface area contributed by atoms with Crippen LogP contribution in [0.1, 0.15) is 58.3 Å². The molecule has 0 amide bonds. The van der Waals surface area contributed by atoms with Crippen LogP contribution in [0.15, 0.2) is 102 Å². The number of methoxy groups -OCH3 is 4. The van der Waals surface area contributed by atoms with Crippen molar-refractivity contribution in [1.29, 1.82) is 10.5 Å². The summed E-state index contributed by atoms with van der Waals surface area (Å²) >= 11 is 0. The molecule has 6 N–H and O–H groups in total. The van der Waals surface area contributed by atoms with Gasteiger partial charge in [0.05, 0.1) is 111 Å². The third-order valence-corrected chi connectivity index (χ3v) is 14.4. The van der Waals surface area contributed by atoms with E-state index in [9.17, 15) is 34.2 Å².